The van der Waals surface area contributed by atoms with Gasteiger partial charge >= 0.3 is 0 Å². The first-order valence-corrected chi connectivity index (χ1v) is 13.8. The molecule has 0 aliphatic rings. The molecule has 0 unspecified atom stereocenters. The lowest BCUT2D eigenvalue weighted by atomic mass is 10.0. The van der Waals surface area contributed by atoms with Crippen LogP contribution in [0.4, 0.5) is 5.69 Å². The zero-order valence-electron chi connectivity index (χ0n) is 22.5. The molecule has 0 saturated heterocycles. The fourth-order valence-electron chi connectivity index (χ4n) is 4.70. The maximum atomic E-state index is 13.6. The predicted molar refractivity (Wildman–Crippen MR) is 160 cm³/mol. The topological polar surface area (TPSA) is 98.3 Å². The lowest BCUT2D eigenvalue weighted by Gasteiger charge is -2.09. The van der Waals surface area contributed by atoms with E-state index in [4.69, 9.17) is 14.5 Å². The van der Waals surface area contributed by atoms with Crippen molar-refractivity contribution in [3.63, 3.8) is 0 Å². The first-order chi connectivity index (χ1) is 19.4. The van der Waals surface area contributed by atoms with E-state index < -0.39 is 5.91 Å². The average molecular weight is 602 g/mol. The quantitative estimate of drug-likeness (QED) is 0.135. The number of azo groups is 1. The van der Waals surface area contributed by atoms with Crippen LogP contribution in [0.3, 0.4) is 0 Å². The van der Waals surface area contributed by atoms with Crippen LogP contribution in [0.15, 0.2) is 81.4 Å². The Labute approximate surface area is 240 Å². The Bertz CT molecular complexity index is 1730. The number of aryl methyl sites for hydroxylation is 1. The Morgan fingerprint density at radius 1 is 0.950 bits per heavy atom. The molecule has 8 nitrogen and oxygen atoms in total. The van der Waals surface area contributed by atoms with Crippen LogP contribution in [-0.2, 0) is 6.54 Å². The SMILES string of the molecule is CCCCCn1c(O)c(N=NC(=O)c2cc(-c3ccc(Br)cc3)nc3ccc(OC)cc23)c2cc(OC)ccc21. The zero-order chi connectivity index (χ0) is 28.2. The van der Waals surface area contributed by atoms with Crippen molar-refractivity contribution in [2.75, 3.05) is 14.2 Å². The van der Waals surface area contributed by atoms with Gasteiger partial charge in [-0.15, -0.1) is 10.2 Å². The highest BCUT2D eigenvalue weighted by Gasteiger charge is 2.19. The van der Waals surface area contributed by atoms with Gasteiger partial charge in [0.15, 0.2) is 5.69 Å². The number of nitrogens with zero attached hydrogens (tertiary/aromatic N) is 4. The van der Waals surface area contributed by atoms with Gasteiger partial charge in [-0.1, -0.05) is 47.8 Å². The van der Waals surface area contributed by atoms with Crippen LogP contribution >= 0.6 is 15.9 Å². The number of fused-ring (bicyclic) bond motifs is 2. The van der Waals surface area contributed by atoms with Crippen molar-refractivity contribution >= 4 is 49.3 Å². The molecule has 0 fully saturated rings. The number of carbonyl (C=O) groups is 1. The van der Waals surface area contributed by atoms with Crippen molar-refractivity contribution in [3.05, 3.63) is 76.8 Å². The summed E-state index contributed by atoms with van der Waals surface area (Å²) in [5, 5.41) is 20.8. The summed E-state index contributed by atoms with van der Waals surface area (Å²) in [6, 6.07) is 20.3. The molecule has 2 heterocycles. The number of halogens is 1. The minimum Gasteiger partial charge on any atom is -0.497 e. The van der Waals surface area contributed by atoms with E-state index in [1.165, 1.54) is 0 Å². The summed E-state index contributed by atoms with van der Waals surface area (Å²) in [5.74, 6) is 0.616. The van der Waals surface area contributed by atoms with E-state index in [2.05, 4.69) is 33.1 Å². The molecule has 0 aliphatic heterocycles. The molecular formula is C31H29BrN4O4. The molecule has 40 heavy (non-hydrogen) atoms. The van der Waals surface area contributed by atoms with Crippen molar-refractivity contribution < 1.29 is 19.4 Å². The van der Waals surface area contributed by atoms with Gasteiger partial charge in [0.25, 0.3) is 5.91 Å². The number of rotatable bonds is 9. The summed E-state index contributed by atoms with van der Waals surface area (Å²) in [6.07, 6.45) is 2.99. The second-order valence-corrected chi connectivity index (χ2v) is 10.3. The monoisotopic (exact) mass is 600 g/mol. The number of aromatic hydroxyl groups is 1. The highest BCUT2D eigenvalue weighted by molar-refractivity contribution is 9.10. The first kappa shape index (κ1) is 27.3. The minimum absolute atomic E-state index is 0.0345. The number of amides is 1. The standard InChI is InChI=1S/C31H29BrN4O4/c1-4-5-6-15-36-28-14-12-22(40-3)17-25(28)29(31(36)38)34-35-30(37)24-18-27(19-7-9-20(32)10-8-19)33-26-13-11-21(39-2)16-23(24)26/h7-14,16-18,38H,4-6,15H2,1-3H3. The summed E-state index contributed by atoms with van der Waals surface area (Å²) in [7, 11) is 3.15. The molecule has 3 aromatic carbocycles. The molecule has 9 heteroatoms. The Kier molecular flexibility index (Phi) is 8.11. The molecule has 0 saturated carbocycles. The number of unbranched alkanes of at least 4 members (excludes halogenated alkanes) is 2. The molecule has 5 aromatic rings. The molecule has 0 spiro atoms. The van der Waals surface area contributed by atoms with Gasteiger partial charge in [-0.2, -0.15) is 0 Å². The molecule has 204 valence electrons. The van der Waals surface area contributed by atoms with Gasteiger partial charge in [0, 0.05) is 27.4 Å². The highest BCUT2D eigenvalue weighted by atomic mass is 79.9. The normalized spacial score (nSPS) is 11.5. The van der Waals surface area contributed by atoms with Crippen molar-refractivity contribution in [2.24, 2.45) is 10.2 Å². The molecule has 0 atom stereocenters. The molecule has 0 aliphatic carbocycles. The molecule has 1 amide bonds. The lowest BCUT2D eigenvalue weighted by molar-refractivity contribution is 0.0996. The molecule has 0 bridgehead atoms. The predicted octanol–water partition coefficient (Wildman–Crippen LogP) is 8.46. The third-order valence-electron chi connectivity index (χ3n) is 6.83. The summed E-state index contributed by atoms with van der Waals surface area (Å²) in [5.41, 5.74) is 3.46. The number of methoxy groups -OCH3 is 2. The van der Waals surface area contributed by atoms with Crippen molar-refractivity contribution in [1.82, 2.24) is 9.55 Å². The number of pyridine rings is 1. The van der Waals surface area contributed by atoms with E-state index in [0.717, 1.165) is 34.8 Å². The maximum Gasteiger partial charge on any atom is 0.296 e. The number of hydrogen-bond donors (Lipinski definition) is 1. The summed E-state index contributed by atoms with van der Waals surface area (Å²) < 4.78 is 13.5. The van der Waals surface area contributed by atoms with Crippen molar-refractivity contribution in [2.45, 2.75) is 32.7 Å². The second kappa shape index (κ2) is 11.9. The minimum atomic E-state index is -0.562. The van der Waals surface area contributed by atoms with Gasteiger partial charge in [-0.25, -0.2) is 4.98 Å². The van der Waals surface area contributed by atoms with E-state index in [1.807, 2.05) is 47.0 Å². The van der Waals surface area contributed by atoms with Crippen LogP contribution in [0.5, 0.6) is 17.4 Å². The third kappa shape index (κ3) is 5.42. The number of aromatic nitrogens is 2. The van der Waals surface area contributed by atoms with Gasteiger partial charge in [0.2, 0.25) is 5.88 Å². The van der Waals surface area contributed by atoms with E-state index in [1.54, 1.807) is 38.5 Å². The van der Waals surface area contributed by atoms with Gasteiger partial charge in [-0.05, 0) is 61.0 Å². The lowest BCUT2D eigenvalue weighted by Crippen LogP contribution is -1.99. The van der Waals surface area contributed by atoms with Crippen LogP contribution in [0.1, 0.15) is 36.5 Å². The van der Waals surface area contributed by atoms with E-state index in [-0.39, 0.29) is 11.6 Å². The van der Waals surface area contributed by atoms with E-state index in [0.29, 0.717) is 45.6 Å². The summed E-state index contributed by atoms with van der Waals surface area (Å²) in [4.78, 5) is 18.4. The third-order valence-corrected chi connectivity index (χ3v) is 7.36. The van der Waals surface area contributed by atoms with Gasteiger partial charge in [0.1, 0.15) is 11.5 Å². The average Bonchev–Trinajstić information content (AvgIpc) is 3.24. The molecule has 2 aromatic heterocycles. The fourth-order valence-corrected chi connectivity index (χ4v) is 4.97. The Morgan fingerprint density at radius 3 is 2.35 bits per heavy atom. The van der Waals surface area contributed by atoms with Gasteiger partial charge in [0.05, 0.1) is 36.5 Å². The van der Waals surface area contributed by atoms with Crippen LogP contribution < -0.4 is 9.47 Å². The van der Waals surface area contributed by atoms with Gasteiger partial charge in [-0.3, -0.25) is 4.79 Å². The summed E-state index contributed by atoms with van der Waals surface area (Å²) in [6.45, 7) is 2.75. The van der Waals surface area contributed by atoms with E-state index >= 15 is 0 Å². The van der Waals surface area contributed by atoms with Crippen LogP contribution in [0.25, 0.3) is 33.1 Å². The second-order valence-electron chi connectivity index (χ2n) is 9.36. The van der Waals surface area contributed by atoms with Crippen LogP contribution in [-0.4, -0.2) is 34.8 Å². The van der Waals surface area contributed by atoms with Crippen LogP contribution in [0.2, 0.25) is 0 Å². The zero-order valence-corrected chi connectivity index (χ0v) is 24.1. The molecule has 1 N–H and O–H groups in total. The number of ether oxygens (including phenoxy) is 2. The maximum absolute atomic E-state index is 13.6. The molecular weight excluding hydrogens is 572 g/mol. The number of hydrogen-bond acceptors (Lipinski definition) is 6. The number of carbonyl (C=O) groups excluding carboxylic acids is 1. The van der Waals surface area contributed by atoms with Gasteiger partial charge < -0.3 is 19.1 Å². The highest BCUT2D eigenvalue weighted by Crippen LogP contribution is 2.41. The largest absolute Gasteiger partial charge is 0.497 e. The number of benzene rings is 3. The Balaban J connectivity index is 1.60. The first-order valence-electron chi connectivity index (χ1n) is 13.0. The molecule has 0 radical (unpaired) electrons. The van der Waals surface area contributed by atoms with Crippen LogP contribution in [0, 0.1) is 0 Å². The van der Waals surface area contributed by atoms with Crippen molar-refractivity contribution in [3.8, 4) is 28.6 Å². The van der Waals surface area contributed by atoms with E-state index in [9.17, 15) is 9.90 Å². The molecule has 5 rings (SSSR count). The Morgan fingerprint density at radius 2 is 1.65 bits per heavy atom. The summed E-state index contributed by atoms with van der Waals surface area (Å²) >= 11 is 3.46. The smallest absolute Gasteiger partial charge is 0.296 e. The van der Waals surface area contributed by atoms with Crippen molar-refractivity contribution in [1.29, 1.82) is 0 Å². The Hall–Kier alpha value is -4.24. The fraction of sp³-hybridized carbons (Fsp3) is 0.226.